The summed E-state index contributed by atoms with van der Waals surface area (Å²) in [5.74, 6) is -0.0804. The molecular weight excluding hydrogens is 372 g/mol. The Kier molecular flexibility index (Phi) is 6.09. The Balaban J connectivity index is 1.54. The van der Waals surface area contributed by atoms with Crippen LogP contribution in [0.25, 0.3) is 0 Å². The van der Waals surface area contributed by atoms with E-state index in [0.29, 0.717) is 36.5 Å². The molecule has 0 atom stereocenters. The van der Waals surface area contributed by atoms with Crippen molar-refractivity contribution in [1.29, 1.82) is 0 Å². The van der Waals surface area contributed by atoms with Gasteiger partial charge in [-0.05, 0) is 54.2 Å². The number of nitrogens with zero attached hydrogens (tertiary/aromatic N) is 1. The molecule has 4 nitrogen and oxygen atoms in total. The van der Waals surface area contributed by atoms with Gasteiger partial charge >= 0.3 is 0 Å². The molecule has 0 bridgehead atoms. The first-order valence-electron chi connectivity index (χ1n) is 9.70. The maximum Gasteiger partial charge on any atom is 0.253 e. The van der Waals surface area contributed by atoms with Gasteiger partial charge in [0.2, 0.25) is 5.91 Å². The van der Waals surface area contributed by atoms with Crippen molar-refractivity contribution in [2.45, 2.75) is 39.0 Å². The number of halogens is 1. The molecule has 28 heavy (non-hydrogen) atoms. The zero-order chi connectivity index (χ0) is 20.3. The summed E-state index contributed by atoms with van der Waals surface area (Å²) < 4.78 is 0. The van der Waals surface area contributed by atoms with Crippen molar-refractivity contribution in [3.8, 4) is 0 Å². The zero-order valence-electron chi connectivity index (χ0n) is 16.7. The standard InChI is InChI=1S/C23H27ClN2O2/c1-23(2,3)18-7-9-20(10-8-18)25-21(27)16-11-13-26(14-12-16)22(28)17-5-4-6-19(24)15-17/h4-10,15-16H,11-14H2,1-3H3,(H,25,27). The lowest BCUT2D eigenvalue weighted by Crippen LogP contribution is -2.41. The van der Waals surface area contributed by atoms with Crippen LogP contribution in [0.5, 0.6) is 0 Å². The molecule has 5 heteroatoms. The first-order chi connectivity index (χ1) is 13.2. The Hall–Kier alpha value is -2.33. The van der Waals surface area contributed by atoms with E-state index in [0.717, 1.165) is 5.69 Å². The van der Waals surface area contributed by atoms with Crippen LogP contribution in [-0.4, -0.2) is 29.8 Å². The molecule has 2 aromatic carbocycles. The van der Waals surface area contributed by atoms with Crippen LogP contribution in [0.2, 0.25) is 5.02 Å². The Labute approximate surface area is 171 Å². The number of amides is 2. The van der Waals surface area contributed by atoms with Gasteiger partial charge in [-0.1, -0.05) is 50.6 Å². The molecule has 1 fully saturated rings. The fourth-order valence-electron chi connectivity index (χ4n) is 3.45. The van der Waals surface area contributed by atoms with E-state index in [1.165, 1.54) is 5.56 Å². The number of carbonyl (C=O) groups is 2. The predicted molar refractivity (Wildman–Crippen MR) is 114 cm³/mol. The van der Waals surface area contributed by atoms with Crippen LogP contribution < -0.4 is 5.32 Å². The minimum Gasteiger partial charge on any atom is -0.339 e. The first kappa shape index (κ1) is 20.4. The summed E-state index contributed by atoms with van der Waals surface area (Å²) in [5.41, 5.74) is 2.73. The van der Waals surface area contributed by atoms with Crippen LogP contribution in [-0.2, 0) is 10.2 Å². The monoisotopic (exact) mass is 398 g/mol. The highest BCUT2D eigenvalue weighted by Crippen LogP contribution is 2.25. The summed E-state index contributed by atoms with van der Waals surface area (Å²) in [6, 6.07) is 15.0. The van der Waals surface area contributed by atoms with Gasteiger partial charge in [-0.2, -0.15) is 0 Å². The average Bonchev–Trinajstić information content (AvgIpc) is 2.67. The number of benzene rings is 2. The van der Waals surface area contributed by atoms with Crippen LogP contribution in [0.1, 0.15) is 49.5 Å². The maximum absolute atomic E-state index is 12.6. The van der Waals surface area contributed by atoms with E-state index >= 15 is 0 Å². The van der Waals surface area contributed by atoms with Crippen molar-refractivity contribution in [1.82, 2.24) is 4.90 Å². The molecule has 148 valence electrons. The molecule has 1 saturated heterocycles. The van der Waals surface area contributed by atoms with Crippen LogP contribution in [0.15, 0.2) is 48.5 Å². The van der Waals surface area contributed by atoms with Gasteiger partial charge in [0.1, 0.15) is 0 Å². The van der Waals surface area contributed by atoms with Crippen molar-refractivity contribution in [2.24, 2.45) is 5.92 Å². The Morgan fingerprint density at radius 2 is 1.68 bits per heavy atom. The second kappa shape index (κ2) is 8.36. The number of rotatable bonds is 3. The van der Waals surface area contributed by atoms with E-state index in [2.05, 4.69) is 38.2 Å². The summed E-state index contributed by atoms with van der Waals surface area (Å²) in [6.45, 7) is 7.65. The van der Waals surface area contributed by atoms with Crippen LogP contribution in [0.4, 0.5) is 5.69 Å². The van der Waals surface area contributed by atoms with Crippen molar-refractivity contribution in [2.75, 3.05) is 18.4 Å². The third kappa shape index (κ3) is 4.93. The molecule has 0 saturated carbocycles. The second-order valence-corrected chi connectivity index (χ2v) is 8.83. The summed E-state index contributed by atoms with van der Waals surface area (Å²) in [7, 11) is 0. The van der Waals surface area contributed by atoms with E-state index < -0.39 is 0 Å². The minimum absolute atomic E-state index is 0.0263. The van der Waals surface area contributed by atoms with Gasteiger partial charge in [-0.25, -0.2) is 0 Å². The molecule has 3 rings (SSSR count). The minimum atomic E-state index is -0.0781. The van der Waals surface area contributed by atoms with E-state index in [1.807, 2.05) is 12.1 Å². The summed E-state index contributed by atoms with van der Waals surface area (Å²) >= 11 is 5.98. The zero-order valence-corrected chi connectivity index (χ0v) is 17.4. The number of hydrogen-bond donors (Lipinski definition) is 1. The van der Waals surface area contributed by atoms with E-state index in [4.69, 9.17) is 11.6 Å². The van der Waals surface area contributed by atoms with Gasteiger partial charge < -0.3 is 10.2 Å². The maximum atomic E-state index is 12.6. The molecule has 2 aromatic rings. The first-order valence-corrected chi connectivity index (χ1v) is 10.1. The lowest BCUT2D eigenvalue weighted by Gasteiger charge is -2.31. The molecule has 0 aliphatic carbocycles. The molecule has 1 aliphatic rings. The number of anilines is 1. The van der Waals surface area contributed by atoms with Gasteiger partial charge in [0, 0.05) is 35.3 Å². The molecule has 1 heterocycles. The van der Waals surface area contributed by atoms with E-state index in [-0.39, 0.29) is 23.1 Å². The quantitative estimate of drug-likeness (QED) is 0.779. The van der Waals surface area contributed by atoms with Crippen molar-refractivity contribution < 1.29 is 9.59 Å². The molecular formula is C23H27ClN2O2. The summed E-state index contributed by atoms with van der Waals surface area (Å²) in [6.07, 6.45) is 1.33. The number of piperidine rings is 1. The normalized spacial score (nSPS) is 15.4. The van der Waals surface area contributed by atoms with Gasteiger partial charge in [-0.15, -0.1) is 0 Å². The molecule has 2 amide bonds. The number of carbonyl (C=O) groups excluding carboxylic acids is 2. The lowest BCUT2D eigenvalue weighted by molar-refractivity contribution is -0.121. The fraction of sp³-hybridized carbons (Fsp3) is 0.391. The molecule has 1 N–H and O–H groups in total. The van der Waals surface area contributed by atoms with Gasteiger partial charge in [0.05, 0.1) is 0 Å². The summed E-state index contributed by atoms with van der Waals surface area (Å²) in [4.78, 5) is 27.0. The number of likely N-dealkylation sites (tertiary alicyclic amines) is 1. The SMILES string of the molecule is CC(C)(C)c1ccc(NC(=O)C2CCN(C(=O)c3cccc(Cl)c3)CC2)cc1. The smallest absolute Gasteiger partial charge is 0.253 e. The van der Waals surface area contributed by atoms with Gasteiger partial charge in [-0.3, -0.25) is 9.59 Å². The largest absolute Gasteiger partial charge is 0.339 e. The second-order valence-electron chi connectivity index (χ2n) is 8.39. The molecule has 0 spiro atoms. The highest BCUT2D eigenvalue weighted by molar-refractivity contribution is 6.30. The van der Waals surface area contributed by atoms with Crippen molar-refractivity contribution >= 4 is 29.1 Å². The third-order valence-corrected chi connectivity index (χ3v) is 5.48. The highest BCUT2D eigenvalue weighted by Gasteiger charge is 2.28. The lowest BCUT2D eigenvalue weighted by atomic mass is 9.87. The average molecular weight is 399 g/mol. The topological polar surface area (TPSA) is 49.4 Å². The predicted octanol–water partition coefficient (Wildman–Crippen LogP) is 5.13. The highest BCUT2D eigenvalue weighted by atomic mass is 35.5. The number of hydrogen-bond acceptors (Lipinski definition) is 2. The Bertz CT molecular complexity index is 848. The van der Waals surface area contributed by atoms with Crippen LogP contribution >= 0.6 is 11.6 Å². The molecule has 0 aromatic heterocycles. The third-order valence-electron chi connectivity index (χ3n) is 5.24. The Morgan fingerprint density at radius 3 is 2.25 bits per heavy atom. The number of nitrogens with one attached hydrogen (secondary N) is 1. The van der Waals surface area contributed by atoms with Gasteiger partial charge in [0.25, 0.3) is 5.91 Å². The molecule has 0 unspecified atom stereocenters. The van der Waals surface area contributed by atoms with Crippen molar-refractivity contribution in [3.63, 3.8) is 0 Å². The van der Waals surface area contributed by atoms with E-state index in [1.54, 1.807) is 29.2 Å². The van der Waals surface area contributed by atoms with Crippen molar-refractivity contribution in [3.05, 3.63) is 64.7 Å². The molecule has 1 aliphatic heterocycles. The summed E-state index contributed by atoms with van der Waals surface area (Å²) in [5, 5.41) is 3.57. The Morgan fingerprint density at radius 1 is 1.04 bits per heavy atom. The van der Waals surface area contributed by atoms with Crippen LogP contribution in [0.3, 0.4) is 0 Å². The van der Waals surface area contributed by atoms with Gasteiger partial charge in [0.15, 0.2) is 0 Å². The van der Waals surface area contributed by atoms with E-state index in [9.17, 15) is 9.59 Å². The fourth-order valence-corrected chi connectivity index (χ4v) is 3.64. The molecule has 0 radical (unpaired) electrons. The van der Waals surface area contributed by atoms with Crippen LogP contribution in [0, 0.1) is 5.92 Å².